The Bertz CT molecular complexity index is 929. The fourth-order valence-corrected chi connectivity index (χ4v) is 2.75. The molecule has 30 heavy (non-hydrogen) atoms. The van der Waals surface area contributed by atoms with Gasteiger partial charge in [-0.3, -0.25) is 4.89 Å². The smallest absolute Gasteiger partial charge is 0.306 e. The van der Waals surface area contributed by atoms with Crippen LogP contribution in [0, 0.1) is 0 Å². The van der Waals surface area contributed by atoms with E-state index in [2.05, 4.69) is 9.97 Å². The van der Waals surface area contributed by atoms with Gasteiger partial charge in [-0.05, 0) is 51.3 Å². The van der Waals surface area contributed by atoms with E-state index in [4.69, 9.17) is 14.3 Å². The summed E-state index contributed by atoms with van der Waals surface area (Å²) in [5.74, 6) is -1.35. The van der Waals surface area contributed by atoms with Gasteiger partial charge in [-0.25, -0.2) is 19.0 Å². The third-order valence-corrected chi connectivity index (χ3v) is 4.16. The van der Waals surface area contributed by atoms with Crippen LogP contribution in [0.3, 0.4) is 0 Å². The largest absolute Gasteiger partial charge is 0.419 e. The Balaban J connectivity index is 2.18. The predicted octanol–water partition coefficient (Wildman–Crippen LogP) is 3.89. The Morgan fingerprint density at radius 1 is 1.20 bits per heavy atom. The number of alkyl halides is 3. The van der Waals surface area contributed by atoms with Crippen LogP contribution in [0.4, 0.5) is 13.2 Å². The third kappa shape index (κ3) is 7.47. The molecule has 0 aliphatic heterocycles. The van der Waals surface area contributed by atoms with Crippen molar-refractivity contribution in [3.63, 3.8) is 0 Å². The minimum absolute atomic E-state index is 0.112. The lowest BCUT2D eigenvalue weighted by atomic mass is 10.0. The normalized spacial score (nSPS) is 13.2. The molecule has 2 aromatic rings. The number of nitrogens with zero attached hydrogens (tertiary/aromatic N) is 2. The first-order chi connectivity index (χ1) is 13.8. The van der Waals surface area contributed by atoms with Gasteiger partial charge in [0.15, 0.2) is 11.1 Å². The van der Waals surface area contributed by atoms with Gasteiger partial charge in [-0.1, -0.05) is 12.1 Å². The molecule has 1 N–H and O–H groups in total. The van der Waals surface area contributed by atoms with Crippen LogP contribution < -0.4 is 0 Å². The van der Waals surface area contributed by atoms with Crippen molar-refractivity contribution in [1.29, 1.82) is 0 Å². The van der Waals surface area contributed by atoms with E-state index < -0.39 is 40.1 Å². The van der Waals surface area contributed by atoms with E-state index in [0.717, 1.165) is 0 Å². The summed E-state index contributed by atoms with van der Waals surface area (Å²) in [6.45, 7) is 5.12. The second-order valence-electron chi connectivity index (χ2n) is 7.38. The van der Waals surface area contributed by atoms with E-state index in [1.807, 2.05) is 0 Å². The number of benzene rings is 1. The zero-order valence-corrected chi connectivity index (χ0v) is 17.3. The molecule has 7 nitrogen and oxygen atoms in total. The molecule has 0 radical (unpaired) electrons. The van der Waals surface area contributed by atoms with Crippen LogP contribution in [0.15, 0.2) is 30.5 Å². The number of hydrogen-bond acceptors (Lipinski definition) is 6. The number of rotatable bonds is 7. The van der Waals surface area contributed by atoms with Crippen molar-refractivity contribution < 1.29 is 36.5 Å². The fourth-order valence-electron chi connectivity index (χ4n) is 2.39. The summed E-state index contributed by atoms with van der Waals surface area (Å²) in [7, 11) is 0. The number of carbonyl (C=O) groups is 1. The first kappa shape index (κ1) is 23.9. The van der Waals surface area contributed by atoms with Gasteiger partial charge < -0.3 is 4.55 Å². The molecule has 1 aromatic heterocycles. The van der Waals surface area contributed by atoms with Gasteiger partial charge in [0.2, 0.25) is 0 Å². The summed E-state index contributed by atoms with van der Waals surface area (Å²) >= 11 is -2.28. The monoisotopic (exact) mass is 446 g/mol. The topological polar surface area (TPSA) is 98.6 Å². The summed E-state index contributed by atoms with van der Waals surface area (Å²) in [4.78, 5) is 29.2. The third-order valence-electron chi connectivity index (χ3n) is 3.66. The maximum atomic E-state index is 13.3. The van der Waals surface area contributed by atoms with Crippen LogP contribution in [0.25, 0.3) is 0 Å². The maximum absolute atomic E-state index is 13.3. The molecular formula is C19H21F3N2O5S. The van der Waals surface area contributed by atoms with Crippen molar-refractivity contribution in [3.8, 4) is 0 Å². The first-order valence-electron chi connectivity index (χ1n) is 8.83. The Kier molecular flexibility index (Phi) is 7.67. The molecule has 0 amide bonds. The molecule has 0 aliphatic carbocycles. The molecule has 0 saturated carbocycles. The Labute approximate surface area is 173 Å². The van der Waals surface area contributed by atoms with Crippen LogP contribution in [0.1, 0.15) is 53.8 Å². The van der Waals surface area contributed by atoms with Crippen molar-refractivity contribution >= 4 is 17.0 Å². The van der Waals surface area contributed by atoms with Crippen LogP contribution in [-0.4, -0.2) is 30.3 Å². The molecule has 0 saturated heterocycles. The molecule has 1 unspecified atom stereocenters. The van der Waals surface area contributed by atoms with E-state index in [1.165, 1.54) is 12.1 Å². The number of carbonyl (C=O) groups excluding carboxylic acids is 1. The minimum Gasteiger partial charge on any atom is -0.306 e. The van der Waals surface area contributed by atoms with E-state index in [9.17, 15) is 22.2 Å². The van der Waals surface area contributed by atoms with Crippen molar-refractivity contribution in [2.75, 3.05) is 0 Å². The lowest BCUT2D eigenvalue weighted by molar-refractivity contribution is -0.301. The molecule has 1 aromatic carbocycles. The highest BCUT2D eigenvalue weighted by Crippen LogP contribution is 2.31. The highest BCUT2D eigenvalue weighted by molar-refractivity contribution is 7.78. The second kappa shape index (κ2) is 9.63. The van der Waals surface area contributed by atoms with Crippen molar-refractivity contribution in [3.05, 3.63) is 58.7 Å². The van der Waals surface area contributed by atoms with Crippen LogP contribution in [-0.2, 0) is 45.6 Å². The van der Waals surface area contributed by atoms with Gasteiger partial charge in [0.1, 0.15) is 17.2 Å². The van der Waals surface area contributed by atoms with E-state index >= 15 is 0 Å². The predicted molar refractivity (Wildman–Crippen MR) is 102 cm³/mol. The zero-order valence-electron chi connectivity index (χ0n) is 16.5. The lowest BCUT2D eigenvalue weighted by Gasteiger charge is -2.16. The summed E-state index contributed by atoms with van der Waals surface area (Å²) < 4.78 is 59.6. The fraction of sp³-hybridized carbons (Fsp3) is 0.421. The molecule has 1 heterocycles. The van der Waals surface area contributed by atoms with Gasteiger partial charge in [0.05, 0.1) is 16.8 Å². The Morgan fingerprint density at radius 2 is 1.90 bits per heavy atom. The number of hydrogen-bond donors (Lipinski definition) is 1. The average Bonchev–Trinajstić information content (AvgIpc) is 2.62. The van der Waals surface area contributed by atoms with E-state index in [-0.39, 0.29) is 29.9 Å². The van der Waals surface area contributed by atoms with E-state index in [0.29, 0.717) is 11.8 Å². The van der Waals surface area contributed by atoms with Crippen molar-refractivity contribution in [1.82, 2.24) is 9.97 Å². The Morgan fingerprint density at radius 3 is 2.50 bits per heavy atom. The average molecular weight is 446 g/mol. The SMILES string of the molecule is CC(C)(C)OOC(=O)c1cccc(CCc2nc(CS(=O)O)ncc2C(F)(F)F)c1. The highest BCUT2D eigenvalue weighted by atomic mass is 32.2. The molecule has 0 fully saturated rings. The highest BCUT2D eigenvalue weighted by Gasteiger charge is 2.34. The molecule has 0 spiro atoms. The summed E-state index contributed by atoms with van der Waals surface area (Å²) in [6, 6.07) is 6.22. The van der Waals surface area contributed by atoms with Gasteiger partial charge in [0, 0.05) is 6.20 Å². The molecule has 1 atom stereocenters. The standard InChI is InChI=1S/C19H21F3N2O5S/c1-18(2,3)29-28-17(25)13-6-4-5-12(9-13)7-8-15-14(19(20,21)22)10-23-16(24-15)11-30(26)27/h4-6,9-10H,7-8,11H2,1-3H3,(H,26,27). The number of aromatic nitrogens is 2. The summed E-state index contributed by atoms with van der Waals surface area (Å²) in [5, 5.41) is 0. The van der Waals surface area contributed by atoms with Gasteiger partial charge >= 0.3 is 12.1 Å². The molecule has 0 aliphatic rings. The summed E-state index contributed by atoms with van der Waals surface area (Å²) in [6.07, 6.45) is -4.02. The quantitative estimate of drug-likeness (QED) is 0.391. The van der Waals surface area contributed by atoms with Crippen LogP contribution in [0.2, 0.25) is 0 Å². The molecule has 11 heteroatoms. The maximum Gasteiger partial charge on any atom is 0.419 e. The molecular weight excluding hydrogens is 425 g/mol. The van der Waals surface area contributed by atoms with Gasteiger partial charge in [0.25, 0.3) is 0 Å². The number of aryl methyl sites for hydroxylation is 2. The van der Waals surface area contributed by atoms with Gasteiger partial charge in [-0.15, -0.1) is 0 Å². The minimum atomic E-state index is -4.66. The van der Waals surface area contributed by atoms with Crippen LogP contribution in [0.5, 0.6) is 0 Å². The first-order valence-corrected chi connectivity index (χ1v) is 10.1. The van der Waals surface area contributed by atoms with Crippen molar-refractivity contribution in [2.24, 2.45) is 0 Å². The van der Waals surface area contributed by atoms with Crippen LogP contribution >= 0.6 is 0 Å². The molecule has 0 bridgehead atoms. The van der Waals surface area contributed by atoms with Crippen molar-refractivity contribution in [2.45, 2.75) is 51.1 Å². The molecule has 2 rings (SSSR count). The van der Waals surface area contributed by atoms with Gasteiger partial charge in [-0.2, -0.15) is 18.1 Å². The Hall–Kier alpha value is -2.37. The summed E-state index contributed by atoms with van der Waals surface area (Å²) in [5.41, 5.74) is -1.22. The second-order valence-corrected chi connectivity index (χ2v) is 8.31. The van der Waals surface area contributed by atoms with E-state index in [1.54, 1.807) is 32.9 Å². The number of halogens is 3. The molecule has 164 valence electrons. The lowest BCUT2D eigenvalue weighted by Crippen LogP contribution is -2.22. The zero-order chi connectivity index (χ0) is 22.5.